The highest BCUT2D eigenvalue weighted by atomic mass is 32.2. The summed E-state index contributed by atoms with van der Waals surface area (Å²) in [5.74, 6) is 0.364. The molecule has 0 saturated heterocycles. The first-order chi connectivity index (χ1) is 19.7. The van der Waals surface area contributed by atoms with E-state index in [0.717, 1.165) is 29.8 Å². The zero-order chi connectivity index (χ0) is 29.9. The lowest BCUT2D eigenvalue weighted by Crippen LogP contribution is -2.38. The summed E-state index contributed by atoms with van der Waals surface area (Å²) in [6, 6.07) is 11.4. The zero-order valence-electron chi connectivity index (χ0n) is 24.4. The second kappa shape index (κ2) is 12.2. The summed E-state index contributed by atoms with van der Waals surface area (Å²) in [5.41, 5.74) is 5.42. The van der Waals surface area contributed by atoms with Gasteiger partial charge in [-0.15, -0.1) is 5.10 Å². The van der Waals surface area contributed by atoms with Crippen LogP contribution in [0.15, 0.2) is 47.5 Å². The smallest absolute Gasteiger partial charge is 0.149 e. The predicted octanol–water partition coefficient (Wildman–Crippen LogP) is 5.80. The van der Waals surface area contributed by atoms with Gasteiger partial charge in [0, 0.05) is 12.7 Å². The molecular formula is C30H38F2N6O2S. The molecule has 2 aliphatic carbocycles. The van der Waals surface area contributed by atoms with Crippen LogP contribution in [-0.2, 0) is 15.3 Å². The average molecular weight is 585 g/mol. The molecular weight excluding hydrogens is 546 g/mol. The van der Waals surface area contributed by atoms with E-state index >= 15 is 0 Å². The molecule has 1 unspecified atom stereocenters. The highest BCUT2D eigenvalue weighted by Crippen LogP contribution is 2.62. The molecule has 3 aliphatic rings. The second-order valence-corrected chi connectivity index (χ2v) is 12.3. The Labute approximate surface area is 241 Å². The highest BCUT2D eigenvalue weighted by molar-refractivity contribution is 7.90. The zero-order valence-corrected chi connectivity index (χ0v) is 25.3. The van der Waals surface area contributed by atoms with Crippen LogP contribution in [0.5, 0.6) is 0 Å². The molecule has 2 aromatic heterocycles. The summed E-state index contributed by atoms with van der Waals surface area (Å²) < 4.78 is 51.9. The Kier molecular flexibility index (Phi) is 9.06. The Bertz CT molecular complexity index is 1530. The van der Waals surface area contributed by atoms with Crippen molar-refractivity contribution < 1.29 is 17.2 Å². The van der Waals surface area contributed by atoms with Crippen molar-refractivity contribution >= 4 is 21.5 Å². The SMILES string of the molecule is CC.CC.CC1[C@H]2CC[C@]1(c1cccc(N3CN=C(CCS(C)(=O)=O)N3)n1)c1nnc(-c3c(F)cccc3F)cc12. The maximum Gasteiger partial charge on any atom is 0.149 e. The number of hydrazine groups is 1. The lowest BCUT2D eigenvalue weighted by molar-refractivity contribution is 0.398. The number of sulfone groups is 1. The summed E-state index contributed by atoms with van der Waals surface area (Å²) in [6.07, 6.45) is 3.30. The molecule has 1 N–H and O–H groups in total. The number of pyridine rings is 1. The van der Waals surface area contributed by atoms with Crippen LogP contribution in [0.2, 0.25) is 0 Å². The topological polar surface area (TPSA) is 100 Å². The minimum Gasteiger partial charge on any atom is -0.282 e. The van der Waals surface area contributed by atoms with Crippen molar-refractivity contribution in [1.29, 1.82) is 0 Å². The third-order valence-corrected chi connectivity index (χ3v) is 8.89. The quantitative estimate of drug-likeness (QED) is 0.391. The van der Waals surface area contributed by atoms with E-state index in [1.54, 1.807) is 11.1 Å². The number of hydrogen-bond donors (Lipinski definition) is 1. The van der Waals surface area contributed by atoms with Gasteiger partial charge in [-0.2, -0.15) is 5.10 Å². The number of hydrogen-bond acceptors (Lipinski definition) is 8. The number of halogens is 2. The summed E-state index contributed by atoms with van der Waals surface area (Å²) in [5, 5.41) is 10.6. The van der Waals surface area contributed by atoms with E-state index in [9.17, 15) is 17.2 Å². The molecule has 3 aromatic rings. The van der Waals surface area contributed by atoms with Gasteiger partial charge >= 0.3 is 0 Å². The number of nitrogens with one attached hydrogen (secondary N) is 1. The van der Waals surface area contributed by atoms with Crippen LogP contribution in [0.4, 0.5) is 14.6 Å². The average Bonchev–Trinajstić information content (AvgIpc) is 3.65. The molecule has 0 radical (unpaired) electrons. The van der Waals surface area contributed by atoms with E-state index in [2.05, 4.69) is 27.5 Å². The van der Waals surface area contributed by atoms with Gasteiger partial charge in [0.15, 0.2) is 0 Å². The number of aromatic nitrogens is 3. The maximum atomic E-state index is 14.5. The Hall–Kier alpha value is -3.47. The minimum absolute atomic E-state index is 0.0242. The van der Waals surface area contributed by atoms with Crippen LogP contribution in [-0.4, -0.2) is 48.1 Å². The highest BCUT2D eigenvalue weighted by Gasteiger charge is 2.58. The molecule has 1 saturated carbocycles. The first-order valence-electron chi connectivity index (χ1n) is 14.2. The number of rotatable bonds is 6. The molecule has 1 fully saturated rings. The second-order valence-electron chi connectivity index (χ2n) is 10.1. The maximum absolute atomic E-state index is 14.5. The van der Waals surface area contributed by atoms with Gasteiger partial charge in [0.25, 0.3) is 0 Å². The number of aliphatic imine (C=N–C) groups is 1. The van der Waals surface area contributed by atoms with Crippen LogP contribution < -0.4 is 10.4 Å². The van der Waals surface area contributed by atoms with Crippen molar-refractivity contribution in [2.45, 2.75) is 65.2 Å². The molecule has 1 aromatic carbocycles. The number of anilines is 1. The first kappa shape index (κ1) is 30.5. The molecule has 0 spiro atoms. The van der Waals surface area contributed by atoms with Gasteiger partial charge in [0.2, 0.25) is 0 Å². The molecule has 3 atom stereocenters. The van der Waals surface area contributed by atoms with Gasteiger partial charge in [-0.25, -0.2) is 32.2 Å². The van der Waals surface area contributed by atoms with Crippen molar-refractivity contribution in [3.05, 3.63) is 71.1 Å². The van der Waals surface area contributed by atoms with Crippen molar-refractivity contribution in [1.82, 2.24) is 20.6 Å². The van der Waals surface area contributed by atoms with Gasteiger partial charge in [-0.1, -0.05) is 46.8 Å². The van der Waals surface area contributed by atoms with Crippen LogP contribution in [0, 0.1) is 17.6 Å². The molecule has 0 amide bonds. The molecule has 41 heavy (non-hydrogen) atoms. The van der Waals surface area contributed by atoms with Gasteiger partial charge < -0.3 is 0 Å². The standard InChI is InChI=1S/C26H26F2N6O2S.2C2H6/c1-15-16-9-11-26(15,25-17(16)13-20(31-32-25)24-18(27)5-3-6-19(24)28)21-7-4-8-23(30-21)34-14-29-22(33-34)10-12-37(2,35)36;2*1-2/h3-8,13,15-16H,9-12,14H2,1-2H3,(H,29,33);2*1-2H3/t15?,16-,26+;;/m1../s1. The first-order valence-corrected chi connectivity index (χ1v) is 16.3. The Morgan fingerprint density at radius 2 is 1.73 bits per heavy atom. The van der Waals surface area contributed by atoms with Crippen molar-refractivity contribution in [2.24, 2.45) is 10.9 Å². The van der Waals surface area contributed by atoms with Crippen molar-refractivity contribution in [3.8, 4) is 11.3 Å². The molecule has 220 valence electrons. The van der Waals surface area contributed by atoms with Crippen LogP contribution >= 0.6 is 0 Å². The monoisotopic (exact) mass is 584 g/mol. The van der Waals surface area contributed by atoms with E-state index in [1.807, 2.05) is 45.9 Å². The summed E-state index contributed by atoms with van der Waals surface area (Å²) in [7, 11) is -3.09. The number of amidine groups is 1. The summed E-state index contributed by atoms with van der Waals surface area (Å²) in [4.78, 5) is 9.41. The lowest BCUT2D eigenvalue weighted by atomic mass is 9.75. The van der Waals surface area contributed by atoms with Gasteiger partial charge in [-0.3, -0.25) is 5.43 Å². The molecule has 8 nitrogen and oxygen atoms in total. The largest absolute Gasteiger partial charge is 0.282 e. The van der Waals surface area contributed by atoms with E-state index in [-0.39, 0.29) is 28.8 Å². The van der Waals surface area contributed by atoms with Gasteiger partial charge in [0.1, 0.15) is 39.8 Å². The molecule has 3 heterocycles. The fraction of sp³-hybridized carbons (Fsp3) is 0.467. The minimum atomic E-state index is -3.09. The summed E-state index contributed by atoms with van der Waals surface area (Å²) >= 11 is 0. The van der Waals surface area contributed by atoms with E-state index in [0.29, 0.717) is 24.7 Å². The lowest BCUT2D eigenvalue weighted by Gasteiger charge is -2.31. The van der Waals surface area contributed by atoms with Crippen molar-refractivity contribution in [2.75, 3.05) is 23.7 Å². The van der Waals surface area contributed by atoms with E-state index < -0.39 is 26.9 Å². The van der Waals surface area contributed by atoms with E-state index in [4.69, 9.17) is 4.98 Å². The number of fused-ring (bicyclic) bond motifs is 5. The molecule has 6 rings (SSSR count). The predicted molar refractivity (Wildman–Crippen MR) is 158 cm³/mol. The third-order valence-electron chi connectivity index (χ3n) is 7.94. The summed E-state index contributed by atoms with van der Waals surface area (Å²) in [6.45, 7) is 10.5. The van der Waals surface area contributed by atoms with Gasteiger partial charge in [-0.05, 0) is 60.6 Å². The Balaban J connectivity index is 0.000000929. The van der Waals surface area contributed by atoms with Crippen molar-refractivity contribution in [3.63, 3.8) is 0 Å². The van der Waals surface area contributed by atoms with Crippen LogP contribution in [0.3, 0.4) is 0 Å². The molecule has 2 bridgehead atoms. The molecule has 11 heteroatoms. The Morgan fingerprint density at radius 3 is 2.41 bits per heavy atom. The van der Waals surface area contributed by atoms with Crippen LogP contribution in [0.1, 0.15) is 76.8 Å². The third kappa shape index (κ3) is 5.56. The van der Waals surface area contributed by atoms with Crippen LogP contribution in [0.25, 0.3) is 11.3 Å². The fourth-order valence-corrected chi connectivity index (χ4v) is 6.66. The number of nitrogens with zero attached hydrogens (tertiary/aromatic N) is 5. The fourth-order valence-electron chi connectivity index (χ4n) is 6.10. The number of benzene rings is 1. The van der Waals surface area contributed by atoms with E-state index in [1.165, 1.54) is 24.5 Å². The Morgan fingerprint density at radius 1 is 1.05 bits per heavy atom. The normalized spacial score (nSPS) is 22.1. The molecule has 1 aliphatic heterocycles. The van der Waals surface area contributed by atoms with Gasteiger partial charge in [0.05, 0.1) is 33.8 Å².